The van der Waals surface area contributed by atoms with E-state index in [-0.39, 0.29) is 11.8 Å². The predicted octanol–water partition coefficient (Wildman–Crippen LogP) is 5.99. The summed E-state index contributed by atoms with van der Waals surface area (Å²) in [6.07, 6.45) is 0.616. The number of hydrogen-bond acceptors (Lipinski definition) is 6. The highest BCUT2D eigenvalue weighted by Gasteiger charge is 2.20. The van der Waals surface area contributed by atoms with Crippen molar-refractivity contribution in [1.82, 2.24) is 9.80 Å². The first kappa shape index (κ1) is 26.1. The quantitative estimate of drug-likeness (QED) is 0.219. The summed E-state index contributed by atoms with van der Waals surface area (Å²) in [5.41, 5.74) is 1.12. The lowest BCUT2D eigenvalue weighted by Gasteiger charge is -2.16. The lowest BCUT2D eigenvalue weighted by Crippen LogP contribution is -2.30. The molecule has 0 aliphatic carbocycles. The number of carbonyl (C=O) groups is 2. The molecule has 37 heavy (non-hydrogen) atoms. The number of fused-ring (bicyclic) bond motifs is 2. The number of para-hydroxylation sites is 2. The molecule has 2 aromatic carbocycles. The number of furan rings is 2. The maximum Gasteiger partial charge on any atom is 0.289 e. The molecule has 0 radical (unpaired) electrons. The molecule has 0 unspecified atom stereocenters. The van der Waals surface area contributed by atoms with Crippen molar-refractivity contribution in [2.45, 2.75) is 34.1 Å². The topological polar surface area (TPSA) is 85.4 Å². The molecule has 0 bridgehead atoms. The highest BCUT2D eigenvalue weighted by molar-refractivity contribution is 5.98. The first-order valence-electron chi connectivity index (χ1n) is 12.9. The molecule has 4 aromatic rings. The van der Waals surface area contributed by atoms with Crippen LogP contribution >= 0.6 is 0 Å². The normalized spacial score (nSPS) is 11.1. The van der Waals surface area contributed by atoms with Crippen molar-refractivity contribution in [3.63, 3.8) is 0 Å². The van der Waals surface area contributed by atoms with Crippen molar-refractivity contribution in [3.05, 3.63) is 60.1 Å². The van der Waals surface area contributed by atoms with Crippen molar-refractivity contribution < 1.29 is 27.9 Å². The van der Waals surface area contributed by atoms with Crippen LogP contribution < -0.4 is 9.47 Å². The van der Waals surface area contributed by atoms with Crippen molar-refractivity contribution in [1.29, 1.82) is 0 Å². The molecule has 0 aliphatic heterocycles. The van der Waals surface area contributed by atoms with Gasteiger partial charge in [0, 0.05) is 43.4 Å². The van der Waals surface area contributed by atoms with Gasteiger partial charge in [0.1, 0.15) is 0 Å². The second kappa shape index (κ2) is 11.9. The minimum Gasteiger partial charge on any atom is -0.490 e. The van der Waals surface area contributed by atoms with Crippen molar-refractivity contribution in [2.75, 3.05) is 39.4 Å². The predicted molar refractivity (Wildman–Crippen MR) is 143 cm³/mol. The Morgan fingerprint density at radius 2 is 1.08 bits per heavy atom. The molecule has 0 saturated carbocycles. The molecular formula is C29H34N2O6. The Bertz CT molecular complexity index is 1260. The fraction of sp³-hybridized carbons (Fsp3) is 0.379. The molecule has 2 heterocycles. The molecule has 0 fully saturated rings. The SMILES string of the molecule is CCN(CC)C(=O)c1cc2cccc(OCCCOc3cccc4cc(C(=O)N(CC)CC)oc34)c2o1. The Labute approximate surface area is 216 Å². The van der Waals surface area contributed by atoms with Gasteiger partial charge in [0.05, 0.1) is 13.2 Å². The smallest absolute Gasteiger partial charge is 0.289 e. The van der Waals surface area contributed by atoms with Gasteiger partial charge in [-0.05, 0) is 52.0 Å². The lowest BCUT2D eigenvalue weighted by atomic mass is 10.2. The number of amides is 2. The van der Waals surface area contributed by atoms with E-state index >= 15 is 0 Å². The van der Waals surface area contributed by atoms with Crippen molar-refractivity contribution in [3.8, 4) is 11.5 Å². The van der Waals surface area contributed by atoms with E-state index in [9.17, 15) is 9.59 Å². The largest absolute Gasteiger partial charge is 0.490 e. The van der Waals surface area contributed by atoms with E-state index in [0.29, 0.717) is 80.0 Å². The number of nitrogens with zero attached hydrogens (tertiary/aromatic N) is 2. The summed E-state index contributed by atoms with van der Waals surface area (Å²) in [6.45, 7) is 11.1. The van der Waals surface area contributed by atoms with Crippen LogP contribution in [0.4, 0.5) is 0 Å². The molecule has 2 aromatic heterocycles. The highest BCUT2D eigenvalue weighted by atomic mass is 16.5. The average Bonchev–Trinajstić information content (AvgIpc) is 3.55. The zero-order valence-electron chi connectivity index (χ0n) is 21.9. The van der Waals surface area contributed by atoms with Crippen LogP contribution in [0.1, 0.15) is 55.2 Å². The van der Waals surface area contributed by atoms with Gasteiger partial charge in [0.2, 0.25) is 0 Å². The number of ether oxygens (including phenoxy) is 2. The fourth-order valence-electron chi connectivity index (χ4n) is 4.27. The molecule has 196 valence electrons. The fourth-order valence-corrected chi connectivity index (χ4v) is 4.27. The maximum absolute atomic E-state index is 12.7. The van der Waals surface area contributed by atoms with E-state index in [1.54, 1.807) is 21.9 Å². The third-order valence-corrected chi connectivity index (χ3v) is 6.34. The zero-order valence-corrected chi connectivity index (χ0v) is 21.9. The summed E-state index contributed by atoms with van der Waals surface area (Å²) in [7, 11) is 0. The Kier molecular flexibility index (Phi) is 8.38. The summed E-state index contributed by atoms with van der Waals surface area (Å²) in [5.74, 6) is 1.53. The number of carbonyl (C=O) groups excluding carboxylic acids is 2. The van der Waals surface area contributed by atoms with Crippen LogP contribution in [0.25, 0.3) is 21.9 Å². The van der Waals surface area contributed by atoms with Crippen LogP contribution in [-0.2, 0) is 0 Å². The number of benzene rings is 2. The van der Waals surface area contributed by atoms with E-state index in [0.717, 1.165) is 10.8 Å². The second-order valence-corrected chi connectivity index (χ2v) is 8.58. The minimum absolute atomic E-state index is 0.130. The molecule has 4 rings (SSSR count). The van der Waals surface area contributed by atoms with E-state index in [2.05, 4.69) is 0 Å². The van der Waals surface area contributed by atoms with Crippen LogP contribution in [0, 0.1) is 0 Å². The van der Waals surface area contributed by atoms with Crippen molar-refractivity contribution >= 4 is 33.8 Å². The van der Waals surface area contributed by atoms with Gasteiger partial charge in [0.15, 0.2) is 34.2 Å². The van der Waals surface area contributed by atoms with Crippen LogP contribution in [-0.4, -0.2) is 61.0 Å². The van der Waals surface area contributed by atoms with Crippen LogP contribution in [0.3, 0.4) is 0 Å². The minimum atomic E-state index is -0.130. The molecule has 8 heteroatoms. The molecule has 0 aliphatic rings. The van der Waals surface area contributed by atoms with Gasteiger partial charge in [-0.1, -0.05) is 24.3 Å². The highest BCUT2D eigenvalue weighted by Crippen LogP contribution is 2.31. The monoisotopic (exact) mass is 506 g/mol. The summed E-state index contributed by atoms with van der Waals surface area (Å²) in [4.78, 5) is 28.8. The Morgan fingerprint density at radius 3 is 1.46 bits per heavy atom. The molecule has 0 spiro atoms. The Balaban J connectivity index is 1.37. The van der Waals surface area contributed by atoms with Crippen LogP contribution in [0.5, 0.6) is 11.5 Å². The zero-order chi connectivity index (χ0) is 26.4. The van der Waals surface area contributed by atoms with Crippen LogP contribution in [0.2, 0.25) is 0 Å². The van der Waals surface area contributed by atoms with Gasteiger partial charge in [-0.3, -0.25) is 9.59 Å². The molecule has 0 saturated heterocycles. The Morgan fingerprint density at radius 1 is 0.676 bits per heavy atom. The summed E-state index contributed by atoms with van der Waals surface area (Å²) in [6, 6.07) is 14.7. The van der Waals surface area contributed by atoms with Crippen molar-refractivity contribution in [2.24, 2.45) is 0 Å². The first-order chi connectivity index (χ1) is 18.0. The van der Waals surface area contributed by atoms with E-state index < -0.39 is 0 Å². The third kappa shape index (κ3) is 5.58. The second-order valence-electron chi connectivity index (χ2n) is 8.58. The molecule has 2 amide bonds. The summed E-state index contributed by atoms with van der Waals surface area (Å²) < 4.78 is 23.7. The number of rotatable bonds is 12. The van der Waals surface area contributed by atoms with Gasteiger partial charge in [-0.25, -0.2) is 0 Å². The van der Waals surface area contributed by atoms with Gasteiger partial charge in [-0.2, -0.15) is 0 Å². The molecule has 0 N–H and O–H groups in total. The summed E-state index contributed by atoms with van der Waals surface area (Å²) in [5, 5.41) is 1.65. The van der Waals surface area contributed by atoms with E-state index in [1.165, 1.54) is 0 Å². The average molecular weight is 507 g/mol. The number of hydrogen-bond donors (Lipinski definition) is 0. The third-order valence-electron chi connectivity index (χ3n) is 6.34. The van der Waals surface area contributed by atoms with E-state index in [4.69, 9.17) is 18.3 Å². The molecular weight excluding hydrogens is 472 g/mol. The molecule has 8 nitrogen and oxygen atoms in total. The van der Waals surface area contributed by atoms with Gasteiger partial charge >= 0.3 is 0 Å². The maximum atomic E-state index is 12.7. The first-order valence-corrected chi connectivity index (χ1v) is 12.9. The standard InChI is InChI=1S/C29H34N2O6/c1-5-30(6-2)28(32)24-18-20-12-9-14-22(26(20)36-24)34-16-11-17-35-23-15-10-13-21-19-25(37-27(21)23)29(33)31(7-3)8-4/h9-10,12-15,18-19H,5-8,11,16-17H2,1-4H3. The lowest BCUT2D eigenvalue weighted by molar-refractivity contribution is 0.0736. The Hall–Kier alpha value is -3.94. The van der Waals surface area contributed by atoms with E-state index in [1.807, 2.05) is 64.1 Å². The van der Waals surface area contributed by atoms with Crippen LogP contribution in [0.15, 0.2) is 57.4 Å². The molecule has 0 atom stereocenters. The van der Waals surface area contributed by atoms with Gasteiger partial charge < -0.3 is 28.1 Å². The van der Waals surface area contributed by atoms with Gasteiger partial charge in [0.25, 0.3) is 11.8 Å². The summed E-state index contributed by atoms with van der Waals surface area (Å²) >= 11 is 0. The van der Waals surface area contributed by atoms with Gasteiger partial charge in [-0.15, -0.1) is 0 Å².